The molecule has 6 heteroatoms. The molecule has 2 aromatic rings. The Kier molecular flexibility index (Phi) is 6.69. The molecule has 3 heterocycles. The summed E-state index contributed by atoms with van der Waals surface area (Å²) in [6.45, 7) is 12.7. The van der Waals surface area contributed by atoms with Gasteiger partial charge in [-0.3, -0.25) is 4.90 Å². The molecule has 0 radical (unpaired) electrons. The fourth-order valence-electron chi connectivity index (χ4n) is 3.29. The number of nitrogens with zero attached hydrogens (tertiary/aromatic N) is 4. The van der Waals surface area contributed by atoms with Crippen molar-refractivity contribution >= 4 is 19.2 Å². The van der Waals surface area contributed by atoms with Gasteiger partial charge < -0.3 is 9.30 Å². The van der Waals surface area contributed by atoms with Crippen molar-refractivity contribution in [1.82, 2.24) is 19.4 Å². The predicted octanol–water partition coefficient (Wildman–Crippen LogP) is 3.97. The second-order valence-electron chi connectivity index (χ2n) is 8.71. The lowest BCUT2D eigenvalue weighted by molar-refractivity contribution is 0.0899. The van der Waals surface area contributed by atoms with E-state index in [1.165, 1.54) is 25.3 Å². The average molecular weight is 385 g/mol. The highest BCUT2D eigenvalue weighted by molar-refractivity contribution is 6.76. The molecule has 1 aliphatic rings. The van der Waals surface area contributed by atoms with Crippen LogP contribution in [0.25, 0.3) is 11.2 Å². The van der Waals surface area contributed by atoms with Gasteiger partial charge in [0.25, 0.3) is 0 Å². The fourth-order valence-corrected chi connectivity index (χ4v) is 4.05. The van der Waals surface area contributed by atoms with Crippen molar-refractivity contribution in [3.05, 3.63) is 24.2 Å². The average Bonchev–Trinajstić information content (AvgIpc) is 3.02. The molecule has 146 valence electrons. The molecule has 0 saturated carbocycles. The van der Waals surface area contributed by atoms with E-state index in [2.05, 4.69) is 53.3 Å². The minimum absolute atomic E-state index is 0.528. The fraction of sp³-hybridized carbons (Fsp3) is 0.619. The first-order valence-corrected chi connectivity index (χ1v) is 13.8. The quantitative estimate of drug-likeness (QED) is 0.429. The Morgan fingerprint density at radius 1 is 1.30 bits per heavy atom. The number of ether oxygens (including phenoxy) is 1. The largest absolute Gasteiger partial charge is 0.361 e. The summed E-state index contributed by atoms with van der Waals surface area (Å²) >= 11 is 0. The maximum absolute atomic E-state index is 5.83. The number of aromatic nitrogens is 3. The van der Waals surface area contributed by atoms with E-state index >= 15 is 0 Å². The lowest BCUT2D eigenvalue weighted by Crippen LogP contribution is -2.37. The van der Waals surface area contributed by atoms with Crippen LogP contribution in [0.1, 0.15) is 31.9 Å². The SMILES string of the molecule is CC1CCCCN1CC#Cc1cnc2c(ccn2COCC[Si](C)(C)C)n1. The number of rotatable bonds is 6. The second-order valence-corrected chi connectivity index (χ2v) is 14.3. The molecule has 0 aliphatic carbocycles. The first kappa shape index (κ1) is 20.1. The van der Waals surface area contributed by atoms with E-state index < -0.39 is 8.07 Å². The van der Waals surface area contributed by atoms with Gasteiger partial charge in [0.15, 0.2) is 5.65 Å². The summed E-state index contributed by atoms with van der Waals surface area (Å²) in [6.07, 6.45) is 7.66. The van der Waals surface area contributed by atoms with Crippen LogP contribution in [0.2, 0.25) is 25.7 Å². The van der Waals surface area contributed by atoms with Crippen LogP contribution in [0.4, 0.5) is 0 Å². The van der Waals surface area contributed by atoms with E-state index in [1.54, 1.807) is 6.20 Å². The first-order chi connectivity index (χ1) is 12.9. The molecule has 0 aromatic carbocycles. The van der Waals surface area contributed by atoms with Crippen molar-refractivity contribution in [2.75, 3.05) is 19.7 Å². The lowest BCUT2D eigenvalue weighted by Gasteiger charge is -2.31. The van der Waals surface area contributed by atoms with Crippen LogP contribution in [0.3, 0.4) is 0 Å². The van der Waals surface area contributed by atoms with Gasteiger partial charge in [0.1, 0.15) is 17.9 Å². The van der Waals surface area contributed by atoms with Crippen molar-refractivity contribution in [1.29, 1.82) is 0 Å². The van der Waals surface area contributed by atoms with Gasteiger partial charge in [-0.05, 0) is 44.3 Å². The summed E-state index contributed by atoms with van der Waals surface area (Å²) < 4.78 is 7.84. The summed E-state index contributed by atoms with van der Waals surface area (Å²) in [6, 6.07) is 3.80. The zero-order chi connectivity index (χ0) is 19.3. The number of hydrogen-bond donors (Lipinski definition) is 0. The smallest absolute Gasteiger partial charge is 0.160 e. The minimum atomic E-state index is -1.05. The van der Waals surface area contributed by atoms with E-state index in [9.17, 15) is 0 Å². The molecule has 1 saturated heterocycles. The molecular formula is C21H32N4OSi. The topological polar surface area (TPSA) is 43.2 Å². The molecule has 1 fully saturated rings. The lowest BCUT2D eigenvalue weighted by atomic mass is 10.0. The van der Waals surface area contributed by atoms with Gasteiger partial charge >= 0.3 is 0 Å². The molecule has 1 aliphatic heterocycles. The van der Waals surface area contributed by atoms with Crippen LogP contribution in [0, 0.1) is 11.8 Å². The number of hydrogen-bond acceptors (Lipinski definition) is 4. The van der Waals surface area contributed by atoms with Crippen molar-refractivity contribution < 1.29 is 4.74 Å². The Morgan fingerprint density at radius 2 is 2.15 bits per heavy atom. The highest BCUT2D eigenvalue weighted by Crippen LogP contribution is 2.15. The second kappa shape index (κ2) is 9.00. The minimum Gasteiger partial charge on any atom is -0.361 e. The summed E-state index contributed by atoms with van der Waals surface area (Å²) in [7, 11) is -1.05. The summed E-state index contributed by atoms with van der Waals surface area (Å²) in [5.74, 6) is 6.46. The molecule has 0 N–H and O–H groups in total. The monoisotopic (exact) mass is 384 g/mol. The van der Waals surface area contributed by atoms with Crippen LogP contribution in [0.15, 0.2) is 18.5 Å². The highest BCUT2D eigenvalue weighted by Gasteiger charge is 2.16. The van der Waals surface area contributed by atoms with Gasteiger partial charge in [0.2, 0.25) is 0 Å². The molecule has 27 heavy (non-hydrogen) atoms. The number of piperidine rings is 1. The van der Waals surface area contributed by atoms with Crippen molar-refractivity contribution in [2.24, 2.45) is 0 Å². The Bertz CT molecular complexity index is 815. The Labute approximate surface area is 164 Å². The van der Waals surface area contributed by atoms with E-state index in [0.717, 1.165) is 36.6 Å². The van der Waals surface area contributed by atoms with Gasteiger partial charge in [0.05, 0.1) is 12.7 Å². The summed E-state index contributed by atoms with van der Waals surface area (Å²) in [5, 5.41) is 0. The molecule has 0 spiro atoms. The standard InChI is InChI=1S/C21H32N4OSi/c1-18-8-5-6-11-24(18)12-7-9-19-16-22-21-20(23-19)10-13-25(21)17-26-14-15-27(2,3)4/h10,13,16,18H,5-6,8,11-12,14-15,17H2,1-4H3. The first-order valence-electron chi connectivity index (χ1n) is 10.0. The number of fused-ring (bicyclic) bond motifs is 1. The molecular weight excluding hydrogens is 352 g/mol. The molecule has 1 atom stereocenters. The number of likely N-dealkylation sites (tertiary alicyclic amines) is 1. The molecule has 5 nitrogen and oxygen atoms in total. The molecule has 0 bridgehead atoms. The molecule has 1 unspecified atom stereocenters. The maximum atomic E-state index is 5.83. The Balaban J connectivity index is 1.58. The normalized spacial score (nSPS) is 18.4. The van der Waals surface area contributed by atoms with E-state index in [1.807, 2.05) is 16.8 Å². The van der Waals surface area contributed by atoms with Gasteiger partial charge in [0, 0.05) is 26.9 Å². The molecule has 3 rings (SSSR count). The van der Waals surface area contributed by atoms with Gasteiger partial charge in [-0.2, -0.15) is 0 Å². The Hall–Kier alpha value is -1.68. The third kappa shape index (κ3) is 5.90. The molecule has 0 amide bonds. The van der Waals surface area contributed by atoms with Crippen LogP contribution >= 0.6 is 0 Å². The molecule has 2 aromatic heterocycles. The van der Waals surface area contributed by atoms with Crippen LogP contribution < -0.4 is 0 Å². The zero-order valence-corrected chi connectivity index (χ0v) is 18.2. The van der Waals surface area contributed by atoms with Crippen LogP contribution in [0.5, 0.6) is 0 Å². The van der Waals surface area contributed by atoms with Gasteiger partial charge in [-0.1, -0.05) is 32.0 Å². The van der Waals surface area contributed by atoms with Crippen molar-refractivity contribution in [3.8, 4) is 11.8 Å². The zero-order valence-electron chi connectivity index (χ0n) is 17.2. The summed E-state index contributed by atoms with van der Waals surface area (Å²) in [5.41, 5.74) is 2.48. The highest BCUT2D eigenvalue weighted by atomic mass is 28.3. The van der Waals surface area contributed by atoms with E-state index in [-0.39, 0.29) is 0 Å². The van der Waals surface area contributed by atoms with E-state index in [4.69, 9.17) is 4.74 Å². The van der Waals surface area contributed by atoms with Gasteiger partial charge in [-0.25, -0.2) is 9.97 Å². The third-order valence-electron chi connectivity index (χ3n) is 5.13. The van der Waals surface area contributed by atoms with Crippen molar-refractivity contribution in [2.45, 2.75) is 64.6 Å². The maximum Gasteiger partial charge on any atom is 0.160 e. The third-order valence-corrected chi connectivity index (χ3v) is 6.83. The van der Waals surface area contributed by atoms with Crippen molar-refractivity contribution in [3.63, 3.8) is 0 Å². The van der Waals surface area contributed by atoms with Crippen LogP contribution in [-0.4, -0.2) is 53.2 Å². The predicted molar refractivity (Wildman–Crippen MR) is 113 cm³/mol. The Morgan fingerprint density at radius 3 is 2.93 bits per heavy atom. The van der Waals surface area contributed by atoms with Crippen LogP contribution in [-0.2, 0) is 11.5 Å². The summed E-state index contributed by atoms with van der Waals surface area (Å²) in [4.78, 5) is 11.7. The van der Waals surface area contributed by atoms with E-state index in [0.29, 0.717) is 12.8 Å². The van der Waals surface area contributed by atoms with Gasteiger partial charge in [-0.15, -0.1) is 0 Å².